The van der Waals surface area contributed by atoms with Crippen molar-refractivity contribution < 1.29 is 9.47 Å². The molecule has 0 bridgehead atoms. The highest BCUT2D eigenvalue weighted by atomic mass is 16.5. The lowest BCUT2D eigenvalue weighted by molar-refractivity contribution is 0.177. The second-order valence-corrected chi connectivity index (χ2v) is 10.2. The van der Waals surface area contributed by atoms with Crippen LogP contribution in [0.2, 0.25) is 0 Å². The summed E-state index contributed by atoms with van der Waals surface area (Å²) in [6.45, 7) is 10.8. The fraction of sp³-hybridized carbons (Fsp3) is 0.593. The van der Waals surface area contributed by atoms with E-state index in [0.717, 1.165) is 61.4 Å². The number of fused-ring (bicyclic) bond motifs is 1. The summed E-state index contributed by atoms with van der Waals surface area (Å²) in [5, 5.41) is 4.66. The molecule has 2 saturated heterocycles. The molecule has 1 aromatic carbocycles. The Labute approximate surface area is 213 Å². The molecule has 9 nitrogen and oxygen atoms in total. The first-order chi connectivity index (χ1) is 17.6. The van der Waals surface area contributed by atoms with E-state index in [9.17, 15) is 0 Å². The van der Waals surface area contributed by atoms with E-state index in [1.165, 1.54) is 25.9 Å². The zero-order valence-electron chi connectivity index (χ0n) is 21.8. The molecule has 2 aliphatic rings. The number of anilines is 1. The lowest BCUT2D eigenvalue weighted by Crippen LogP contribution is -2.42. The van der Waals surface area contributed by atoms with Gasteiger partial charge in [-0.05, 0) is 65.1 Å². The molecule has 1 N–H and O–H groups in total. The van der Waals surface area contributed by atoms with Crippen molar-refractivity contribution in [2.24, 2.45) is 0 Å². The lowest BCUT2D eigenvalue weighted by atomic mass is 10.0. The maximum atomic E-state index is 6.19. The first kappa shape index (κ1) is 24.8. The Morgan fingerprint density at radius 2 is 1.86 bits per heavy atom. The lowest BCUT2D eigenvalue weighted by Gasteiger charge is -2.35. The summed E-state index contributed by atoms with van der Waals surface area (Å²) in [7, 11) is 1.69. The molecule has 2 fully saturated rings. The zero-order valence-corrected chi connectivity index (χ0v) is 21.8. The summed E-state index contributed by atoms with van der Waals surface area (Å²) in [5.41, 5.74) is 0.825. The normalized spacial score (nSPS) is 17.8. The van der Waals surface area contributed by atoms with Crippen molar-refractivity contribution in [3.8, 4) is 17.4 Å². The molecule has 3 aromatic rings. The smallest absolute Gasteiger partial charge is 0.237 e. The summed E-state index contributed by atoms with van der Waals surface area (Å²) < 4.78 is 13.8. The number of likely N-dealkylation sites (tertiary alicyclic amines) is 2. The number of piperidine rings is 1. The highest BCUT2D eigenvalue weighted by molar-refractivity contribution is 5.92. The van der Waals surface area contributed by atoms with Gasteiger partial charge in [-0.1, -0.05) is 0 Å². The molecule has 2 aliphatic heterocycles. The highest BCUT2D eigenvalue weighted by Gasteiger charge is 2.23. The fourth-order valence-electron chi connectivity index (χ4n) is 5.23. The molecule has 0 aliphatic carbocycles. The van der Waals surface area contributed by atoms with Crippen molar-refractivity contribution in [2.45, 2.75) is 58.0 Å². The fourth-order valence-corrected chi connectivity index (χ4v) is 5.23. The van der Waals surface area contributed by atoms with Gasteiger partial charge in [-0.2, -0.15) is 4.98 Å². The standard InChI is InChI=1S/C27H39N7O2/c1-20(2)33-13-7-21(8-14-33)29-26-22-17-24(35-3)25(36-16-6-12-32-10-4-5-11-32)18-23(22)30-27(31-26)34-15-9-28-19-34/h9,15,17-21H,4-8,10-14,16H2,1-3H3,(H,29,30,31). The third-order valence-electron chi connectivity index (χ3n) is 7.38. The van der Waals surface area contributed by atoms with Gasteiger partial charge in [-0.15, -0.1) is 0 Å². The number of rotatable bonds is 10. The van der Waals surface area contributed by atoms with Crippen LogP contribution in [-0.4, -0.2) is 87.8 Å². The van der Waals surface area contributed by atoms with E-state index in [4.69, 9.17) is 19.4 Å². The molecular weight excluding hydrogens is 454 g/mol. The van der Waals surface area contributed by atoms with E-state index in [2.05, 4.69) is 33.9 Å². The summed E-state index contributed by atoms with van der Waals surface area (Å²) in [6, 6.07) is 4.94. The van der Waals surface area contributed by atoms with Crippen molar-refractivity contribution in [3.63, 3.8) is 0 Å². The van der Waals surface area contributed by atoms with Crippen LogP contribution in [0, 0.1) is 0 Å². The van der Waals surface area contributed by atoms with Crippen molar-refractivity contribution in [1.29, 1.82) is 0 Å². The average Bonchev–Trinajstić information content (AvgIpc) is 3.61. The molecule has 0 atom stereocenters. The maximum absolute atomic E-state index is 6.19. The molecule has 0 spiro atoms. The van der Waals surface area contributed by atoms with Crippen molar-refractivity contribution in [3.05, 3.63) is 30.9 Å². The second-order valence-electron chi connectivity index (χ2n) is 10.2. The predicted octanol–water partition coefficient (Wildman–Crippen LogP) is 3.97. The minimum atomic E-state index is 0.362. The Balaban J connectivity index is 1.39. The molecule has 2 aromatic heterocycles. The van der Waals surface area contributed by atoms with Crippen LogP contribution < -0.4 is 14.8 Å². The van der Waals surface area contributed by atoms with Crippen LogP contribution in [0.3, 0.4) is 0 Å². The van der Waals surface area contributed by atoms with E-state index in [1.807, 2.05) is 22.9 Å². The van der Waals surface area contributed by atoms with Gasteiger partial charge in [-0.3, -0.25) is 4.57 Å². The molecule has 0 unspecified atom stereocenters. The van der Waals surface area contributed by atoms with Crippen LogP contribution >= 0.6 is 0 Å². The average molecular weight is 494 g/mol. The first-order valence-corrected chi connectivity index (χ1v) is 13.3. The molecule has 0 saturated carbocycles. The number of nitrogens with zero attached hydrogens (tertiary/aromatic N) is 6. The topological polar surface area (TPSA) is 80.6 Å². The van der Waals surface area contributed by atoms with Gasteiger partial charge < -0.3 is 24.6 Å². The van der Waals surface area contributed by atoms with Crippen molar-refractivity contribution in [2.75, 3.05) is 51.8 Å². The third-order valence-corrected chi connectivity index (χ3v) is 7.38. The SMILES string of the molecule is COc1cc2c(NC3CCN(C(C)C)CC3)nc(-n3ccnc3)nc2cc1OCCCN1CCCC1. The Morgan fingerprint density at radius 3 is 2.56 bits per heavy atom. The second kappa shape index (κ2) is 11.4. The molecule has 36 heavy (non-hydrogen) atoms. The summed E-state index contributed by atoms with van der Waals surface area (Å²) >= 11 is 0. The predicted molar refractivity (Wildman–Crippen MR) is 142 cm³/mol. The Hall–Kier alpha value is -2.91. The number of aromatic nitrogens is 4. The Morgan fingerprint density at radius 1 is 1.06 bits per heavy atom. The quantitative estimate of drug-likeness (QED) is 0.425. The van der Waals surface area contributed by atoms with E-state index in [1.54, 1.807) is 19.6 Å². The molecule has 0 amide bonds. The van der Waals surface area contributed by atoms with Gasteiger partial charge in [-0.25, -0.2) is 9.97 Å². The van der Waals surface area contributed by atoms with Gasteiger partial charge in [0, 0.05) is 55.6 Å². The van der Waals surface area contributed by atoms with E-state index >= 15 is 0 Å². The Bertz CT molecular complexity index is 1120. The summed E-state index contributed by atoms with van der Waals surface area (Å²) in [6.07, 6.45) is 11.1. The minimum Gasteiger partial charge on any atom is -0.493 e. The molecule has 4 heterocycles. The summed E-state index contributed by atoms with van der Waals surface area (Å²) in [4.78, 5) is 19.0. The summed E-state index contributed by atoms with van der Waals surface area (Å²) in [5.74, 6) is 2.84. The van der Waals surface area contributed by atoms with Crippen LogP contribution in [0.25, 0.3) is 16.9 Å². The number of nitrogens with one attached hydrogen (secondary N) is 1. The number of ether oxygens (including phenoxy) is 2. The van der Waals surface area contributed by atoms with Gasteiger partial charge in [0.25, 0.3) is 0 Å². The molecular formula is C27H39N7O2. The number of imidazole rings is 1. The van der Waals surface area contributed by atoms with Gasteiger partial charge in [0.15, 0.2) is 11.5 Å². The van der Waals surface area contributed by atoms with E-state index in [0.29, 0.717) is 30.4 Å². The van der Waals surface area contributed by atoms with Gasteiger partial charge in [0.2, 0.25) is 5.95 Å². The Kier molecular flexibility index (Phi) is 7.87. The largest absolute Gasteiger partial charge is 0.493 e. The number of benzene rings is 1. The first-order valence-electron chi connectivity index (χ1n) is 13.3. The molecule has 194 valence electrons. The van der Waals surface area contributed by atoms with Gasteiger partial charge in [0.05, 0.1) is 19.2 Å². The van der Waals surface area contributed by atoms with E-state index in [-0.39, 0.29) is 0 Å². The monoisotopic (exact) mass is 493 g/mol. The zero-order chi connectivity index (χ0) is 24.9. The number of methoxy groups -OCH3 is 1. The van der Waals surface area contributed by atoms with Crippen molar-refractivity contribution >= 4 is 16.7 Å². The highest BCUT2D eigenvalue weighted by Crippen LogP contribution is 2.35. The van der Waals surface area contributed by atoms with Crippen LogP contribution in [0.15, 0.2) is 30.9 Å². The van der Waals surface area contributed by atoms with Crippen LogP contribution in [-0.2, 0) is 0 Å². The molecule has 0 radical (unpaired) electrons. The number of hydrogen-bond acceptors (Lipinski definition) is 8. The van der Waals surface area contributed by atoms with E-state index < -0.39 is 0 Å². The van der Waals surface area contributed by atoms with Crippen LogP contribution in [0.5, 0.6) is 11.5 Å². The van der Waals surface area contributed by atoms with Crippen LogP contribution in [0.1, 0.15) is 46.0 Å². The third kappa shape index (κ3) is 5.73. The van der Waals surface area contributed by atoms with Gasteiger partial charge in [0.1, 0.15) is 12.1 Å². The molecule has 9 heteroatoms. The van der Waals surface area contributed by atoms with Crippen LogP contribution in [0.4, 0.5) is 5.82 Å². The number of hydrogen-bond donors (Lipinski definition) is 1. The molecule has 5 rings (SSSR count). The maximum Gasteiger partial charge on any atom is 0.237 e. The van der Waals surface area contributed by atoms with Crippen molar-refractivity contribution in [1.82, 2.24) is 29.3 Å². The van der Waals surface area contributed by atoms with Gasteiger partial charge >= 0.3 is 0 Å². The minimum absolute atomic E-state index is 0.362.